The average molecular weight is 276 g/mol. The quantitative estimate of drug-likeness (QED) is 0.838. The predicted octanol–water partition coefficient (Wildman–Crippen LogP) is 2.73. The van der Waals surface area contributed by atoms with E-state index in [2.05, 4.69) is 47.4 Å². The van der Waals surface area contributed by atoms with Gasteiger partial charge in [0.1, 0.15) is 0 Å². The van der Waals surface area contributed by atoms with E-state index in [0.29, 0.717) is 6.04 Å². The number of nitrogens with zero attached hydrogens (tertiary/aromatic N) is 2. The second-order valence-electron chi connectivity index (χ2n) is 5.91. The van der Waals surface area contributed by atoms with Crippen molar-refractivity contribution in [2.45, 2.75) is 39.7 Å². The molecule has 4 nitrogen and oxygen atoms in total. The lowest BCUT2D eigenvalue weighted by atomic mass is 9.97. The van der Waals surface area contributed by atoms with Gasteiger partial charge in [0.15, 0.2) is 5.82 Å². The lowest BCUT2D eigenvalue weighted by Gasteiger charge is -2.31. The monoisotopic (exact) mass is 276 g/mol. The normalized spacial score (nSPS) is 16.4. The van der Waals surface area contributed by atoms with E-state index in [0.717, 1.165) is 43.6 Å². The summed E-state index contributed by atoms with van der Waals surface area (Å²) in [5, 5.41) is 6.95. The first-order valence-corrected chi connectivity index (χ1v) is 7.88. The topological polar surface area (TPSA) is 40.2 Å². The summed E-state index contributed by atoms with van der Waals surface area (Å²) >= 11 is 0. The van der Waals surface area contributed by atoms with Gasteiger partial charge in [0.2, 0.25) is 0 Å². The third-order valence-electron chi connectivity index (χ3n) is 3.85. The molecule has 1 saturated heterocycles. The number of piperidine rings is 1. The van der Waals surface area contributed by atoms with Gasteiger partial charge in [-0.1, -0.05) is 0 Å². The van der Waals surface area contributed by atoms with E-state index in [1.54, 1.807) is 0 Å². The second-order valence-corrected chi connectivity index (χ2v) is 5.91. The molecule has 0 radical (unpaired) electrons. The summed E-state index contributed by atoms with van der Waals surface area (Å²) < 4.78 is 0. The van der Waals surface area contributed by atoms with E-state index < -0.39 is 0 Å². The Morgan fingerprint density at radius 3 is 2.80 bits per heavy atom. The van der Waals surface area contributed by atoms with E-state index in [-0.39, 0.29) is 0 Å². The molecular formula is C16H28N4. The molecule has 2 heterocycles. The molecule has 0 spiro atoms. The molecule has 0 unspecified atom stereocenters. The van der Waals surface area contributed by atoms with Crippen LogP contribution >= 0.6 is 0 Å². The third-order valence-corrected chi connectivity index (χ3v) is 3.85. The zero-order chi connectivity index (χ0) is 14.4. The molecule has 0 aromatic carbocycles. The van der Waals surface area contributed by atoms with Crippen LogP contribution in [0.5, 0.6) is 0 Å². The van der Waals surface area contributed by atoms with Crippen LogP contribution in [0.4, 0.5) is 11.5 Å². The summed E-state index contributed by atoms with van der Waals surface area (Å²) in [4.78, 5) is 7.03. The minimum Gasteiger partial charge on any atom is -0.380 e. The van der Waals surface area contributed by atoms with E-state index in [9.17, 15) is 0 Å². The molecule has 1 fully saturated rings. The smallest absolute Gasteiger partial charge is 0.151 e. The molecule has 2 rings (SSSR count). The van der Waals surface area contributed by atoms with Gasteiger partial charge >= 0.3 is 0 Å². The zero-order valence-electron chi connectivity index (χ0n) is 13.0. The number of hydrogen-bond donors (Lipinski definition) is 2. The van der Waals surface area contributed by atoms with E-state index >= 15 is 0 Å². The number of hydrogen-bond acceptors (Lipinski definition) is 4. The Kier molecular flexibility index (Phi) is 5.65. The fourth-order valence-electron chi connectivity index (χ4n) is 2.81. The lowest BCUT2D eigenvalue weighted by Crippen LogP contribution is -2.37. The van der Waals surface area contributed by atoms with Crippen molar-refractivity contribution in [3.05, 3.63) is 18.3 Å². The Bertz CT molecular complexity index is 399. The van der Waals surface area contributed by atoms with Crippen LogP contribution in [-0.2, 0) is 0 Å². The first kappa shape index (κ1) is 15.1. The molecule has 1 aromatic rings. The van der Waals surface area contributed by atoms with Crippen LogP contribution in [0.2, 0.25) is 0 Å². The van der Waals surface area contributed by atoms with Crippen molar-refractivity contribution in [2.75, 3.05) is 36.4 Å². The highest BCUT2D eigenvalue weighted by Gasteiger charge is 2.19. The molecule has 2 N–H and O–H groups in total. The molecule has 20 heavy (non-hydrogen) atoms. The van der Waals surface area contributed by atoms with E-state index in [1.165, 1.54) is 12.8 Å². The molecule has 0 bridgehead atoms. The van der Waals surface area contributed by atoms with Crippen LogP contribution in [-0.4, -0.2) is 37.2 Å². The highest BCUT2D eigenvalue weighted by molar-refractivity contribution is 5.65. The fraction of sp³-hybridized carbons (Fsp3) is 0.688. The summed E-state index contributed by atoms with van der Waals surface area (Å²) in [6.07, 6.45) is 4.44. The molecule has 4 heteroatoms. The molecule has 0 atom stereocenters. The molecule has 1 aromatic heterocycles. The molecule has 0 saturated carbocycles. The van der Waals surface area contributed by atoms with Gasteiger partial charge in [0.05, 0.1) is 5.69 Å². The maximum atomic E-state index is 4.62. The summed E-state index contributed by atoms with van der Waals surface area (Å²) in [5.74, 6) is 1.88. The minimum absolute atomic E-state index is 0.426. The van der Waals surface area contributed by atoms with Crippen molar-refractivity contribution >= 4 is 11.5 Å². The van der Waals surface area contributed by atoms with E-state index in [1.807, 2.05) is 12.3 Å². The van der Waals surface area contributed by atoms with Gasteiger partial charge in [-0.05, 0) is 64.8 Å². The number of nitrogens with one attached hydrogen (secondary N) is 2. The minimum atomic E-state index is 0.426. The van der Waals surface area contributed by atoms with Crippen molar-refractivity contribution in [3.63, 3.8) is 0 Å². The van der Waals surface area contributed by atoms with Crippen LogP contribution in [0.3, 0.4) is 0 Å². The first-order valence-electron chi connectivity index (χ1n) is 7.88. The Morgan fingerprint density at radius 1 is 1.40 bits per heavy atom. The van der Waals surface area contributed by atoms with E-state index in [4.69, 9.17) is 0 Å². The SMILES string of the molecule is CCN(CC1CCNCC1)c1ncccc1NC(C)C. The van der Waals surface area contributed by atoms with Crippen molar-refractivity contribution in [2.24, 2.45) is 5.92 Å². The summed E-state index contributed by atoms with van der Waals surface area (Å²) in [7, 11) is 0. The number of anilines is 2. The Hall–Kier alpha value is -1.29. The van der Waals surface area contributed by atoms with Crippen LogP contribution in [0.25, 0.3) is 0 Å². The van der Waals surface area contributed by atoms with Crippen LogP contribution in [0.1, 0.15) is 33.6 Å². The van der Waals surface area contributed by atoms with Crippen molar-refractivity contribution in [1.29, 1.82) is 0 Å². The van der Waals surface area contributed by atoms with Crippen molar-refractivity contribution < 1.29 is 0 Å². The van der Waals surface area contributed by atoms with Crippen molar-refractivity contribution in [1.82, 2.24) is 10.3 Å². The predicted molar refractivity (Wildman–Crippen MR) is 86.5 cm³/mol. The highest BCUT2D eigenvalue weighted by Crippen LogP contribution is 2.25. The summed E-state index contributed by atoms with van der Waals surface area (Å²) in [6, 6.07) is 4.57. The molecule has 112 valence electrons. The largest absolute Gasteiger partial charge is 0.380 e. The average Bonchev–Trinajstić information content (AvgIpc) is 2.46. The lowest BCUT2D eigenvalue weighted by molar-refractivity contribution is 0.374. The van der Waals surface area contributed by atoms with Gasteiger partial charge in [-0.25, -0.2) is 4.98 Å². The maximum absolute atomic E-state index is 4.62. The molecule has 1 aliphatic rings. The zero-order valence-corrected chi connectivity index (χ0v) is 13.0. The maximum Gasteiger partial charge on any atom is 0.151 e. The van der Waals surface area contributed by atoms with Crippen LogP contribution in [0, 0.1) is 5.92 Å². The van der Waals surface area contributed by atoms with Gasteiger partial charge in [-0.15, -0.1) is 0 Å². The standard InChI is InChI=1S/C16H28N4/c1-4-20(12-14-7-10-17-11-8-14)16-15(19-13(2)3)6-5-9-18-16/h5-6,9,13-14,17,19H,4,7-8,10-12H2,1-3H3. The fourth-order valence-corrected chi connectivity index (χ4v) is 2.81. The third kappa shape index (κ3) is 4.10. The molecule has 0 amide bonds. The molecular weight excluding hydrogens is 248 g/mol. The Balaban J connectivity index is 2.09. The van der Waals surface area contributed by atoms with Crippen LogP contribution in [0.15, 0.2) is 18.3 Å². The summed E-state index contributed by atoms with van der Waals surface area (Å²) in [5.41, 5.74) is 1.15. The van der Waals surface area contributed by atoms with Gasteiger partial charge in [-0.2, -0.15) is 0 Å². The number of aromatic nitrogens is 1. The number of pyridine rings is 1. The first-order chi connectivity index (χ1) is 9.70. The molecule has 0 aliphatic carbocycles. The van der Waals surface area contributed by atoms with Gasteiger partial charge in [0.25, 0.3) is 0 Å². The number of rotatable bonds is 6. The van der Waals surface area contributed by atoms with Crippen LogP contribution < -0.4 is 15.5 Å². The van der Waals surface area contributed by atoms with Crippen molar-refractivity contribution in [3.8, 4) is 0 Å². The van der Waals surface area contributed by atoms with Gasteiger partial charge in [-0.3, -0.25) is 0 Å². The Morgan fingerprint density at radius 2 is 2.15 bits per heavy atom. The van der Waals surface area contributed by atoms with Gasteiger partial charge < -0.3 is 15.5 Å². The molecule has 1 aliphatic heterocycles. The summed E-state index contributed by atoms with van der Waals surface area (Å²) in [6.45, 7) is 11.0. The Labute approximate surface area is 123 Å². The highest BCUT2D eigenvalue weighted by atomic mass is 15.2. The second kappa shape index (κ2) is 7.48. The van der Waals surface area contributed by atoms with Gasteiger partial charge in [0, 0.05) is 25.3 Å².